The zero-order chi connectivity index (χ0) is 14.7. The number of aromatic carboxylic acids is 1. The van der Waals surface area contributed by atoms with Gasteiger partial charge in [-0.2, -0.15) is 0 Å². The van der Waals surface area contributed by atoms with Crippen LogP contribution in [0.4, 0.5) is 5.69 Å². The van der Waals surface area contributed by atoms with Crippen LogP contribution < -0.4 is 4.90 Å². The Bertz CT molecular complexity index is 623. The van der Waals surface area contributed by atoms with Crippen molar-refractivity contribution in [2.75, 3.05) is 11.9 Å². The van der Waals surface area contributed by atoms with Gasteiger partial charge in [-0.3, -0.25) is 0 Å². The number of hydrogen-bond donors (Lipinski definition) is 1. The van der Waals surface area contributed by atoms with Crippen molar-refractivity contribution in [2.45, 2.75) is 13.5 Å². The van der Waals surface area contributed by atoms with Gasteiger partial charge in [-0.25, -0.2) is 4.79 Å². The first-order valence-corrected chi connectivity index (χ1v) is 7.06. The predicted molar refractivity (Wildman–Crippen MR) is 84.4 cm³/mol. The summed E-state index contributed by atoms with van der Waals surface area (Å²) in [6.45, 7) is 2.72. The van der Waals surface area contributed by atoms with Gasteiger partial charge in [0.05, 0.1) is 11.3 Å². The maximum atomic E-state index is 11.3. The summed E-state index contributed by atoms with van der Waals surface area (Å²) in [5.74, 6) is -0.919. The third-order valence-corrected chi connectivity index (χ3v) is 3.63. The van der Waals surface area contributed by atoms with Gasteiger partial charge in [0.15, 0.2) is 0 Å². The van der Waals surface area contributed by atoms with E-state index in [4.69, 9.17) is 0 Å². The summed E-state index contributed by atoms with van der Waals surface area (Å²) in [4.78, 5) is 13.3. The number of halogens is 1. The molecule has 0 unspecified atom stereocenters. The van der Waals surface area contributed by atoms with Crippen LogP contribution >= 0.6 is 15.9 Å². The van der Waals surface area contributed by atoms with Crippen LogP contribution in [0.5, 0.6) is 0 Å². The van der Waals surface area contributed by atoms with E-state index in [9.17, 15) is 9.90 Å². The van der Waals surface area contributed by atoms with Crippen LogP contribution in [0.15, 0.2) is 46.9 Å². The maximum Gasteiger partial charge on any atom is 0.337 e. The minimum atomic E-state index is -0.919. The van der Waals surface area contributed by atoms with Gasteiger partial charge in [0.1, 0.15) is 0 Å². The van der Waals surface area contributed by atoms with E-state index in [0.717, 1.165) is 10.0 Å². The summed E-state index contributed by atoms with van der Waals surface area (Å²) in [7, 11) is 1.90. The molecule has 0 saturated carbocycles. The van der Waals surface area contributed by atoms with Crippen molar-refractivity contribution in [1.29, 1.82) is 0 Å². The number of carboxylic acids is 1. The Kier molecular flexibility index (Phi) is 4.45. The molecule has 0 aliphatic carbocycles. The van der Waals surface area contributed by atoms with Gasteiger partial charge < -0.3 is 10.0 Å². The van der Waals surface area contributed by atoms with Crippen molar-refractivity contribution in [1.82, 2.24) is 0 Å². The van der Waals surface area contributed by atoms with Gasteiger partial charge in [-0.1, -0.05) is 45.8 Å². The average Bonchev–Trinajstić information content (AvgIpc) is 2.41. The van der Waals surface area contributed by atoms with E-state index < -0.39 is 5.97 Å². The van der Waals surface area contributed by atoms with Gasteiger partial charge in [0, 0.05) is 18.1 Å². The second-order valence-electron chi connectivity index (χ2n) is 4.81. The molecule has 0 fully saturated rings. The lowest BCUT2D eigenvalue weighted by atomic mass is 10.1. The number of rotatable bonds is 4. The first-order valence-electron chi connectivity index (χ1n) is 6.27. The molecule has 2 aromatic rings. The molecule has 104 valence electrons. The highest BCUT2D eigenvalue weighted by Crippen LogP contribution is 2.25. The van der Waals surface area contributed by atoms with Gasteiger partial charge in [0.25, 0.3) is 0 Å². The van der Waals surface area contributed by atoms with Crippen LogP contribution in [0.2, 0.25) is 0 Å². The van der Waals surface area contributed by atoms with Crippen LogP contribution in [0.3, 0.4) is 0 Å². The fourth-order valence-electron chi connectivity index (χ4n) is 2.06. The molecule has 0 bridgehead atoms. The molecule has 0 spiro atoms. The molecule has 0 aliphatic rings. The molecule has 2 rings (SSSR count). The normalized spacial score (nSPS) is 10.3. The average molecular weight is 334 g/mol. The Hall–Kier alpha value is -1.81. The van der Waals surface area contributed by atoms with Crippen LogP contribution in [0.1, 0.15) is 21.5 Å². The molecule has 0 atom stereocenters. The summed E-state index contributed by atoms with van der Waals surface area (Å²) in [5, 5.41) is 9.29. The number of nitrogens with zero attached hydrogens (tertiary/aromatic N) is 1. The lowest BCUT2D eigenvalue weighted by Gasteiger charge is -2.21. The first kappa shape index (κ1) is 14.6. The Morgan fingerprint density at radius 2 is 1.85 bits per heavy atom. The topological polar surface area (TPSA) is 40.5 Å². The van der Waals surface area contributed by atoms with E-state index in [1.165, 1.54) is 5.56 Å². The number of aryl methyl sites for hydroxylation is 1. The van der Waals surface area contributed by atoms with Gasteiger partial charge in [-0.05, 0) is 30.7 Å². The van der Waals surface area contributed by atoms with E-state index in [2.05, 4.69) is 40.2 Å². The van der Waals surface area contributed by atoms with Crippen LogP contribution in [-0.4, -0.2) is 18.1 Å². The highest BCUT2D eigenvalue weighted by Gasteiger charge is 2.14. The molecule has 3 nitrogen and oxygen atoms in total. The number of benzene rings is 2. The lowest BCUT2D eigenvalue weighted by Crippen LogP contribution is -2.19. The Morgan fingerprint density at radius 1 is 1.20 bits per heavy atom. The van der Waals surface area contributed by atoms with Crippen molar-refractivity contribution < 1.29 is 9.90 Å². The summed E-state index contributed by atoms with van der Waals surface area (Å²) in [5.41, 5.74) is 3.37. The highest BCUT2D eigenvalue weighted by atomic mass is 79.9. The smallest absolute Gasteiger partial charge is 0.337 e. The molecule has 0 aliphatic heterocycles. The third-order valence-electron chi connectivity index (χ3n) is 3.14. The molecule has 20 heavy (non-hydrogen) atoms. The van der Waals surface area contributed by atoms with E-state index in [-0.39, 0.29) is 0 Å². The molecule has 4 heteroatoms. The number of anilines is 1. The van der Waals surface area contributed by atoms with Gasteiger partial charge in [0.2, 0.25) is 0 Å². The van der Waals surface area contributed by atoms with Crippen molar-refractivity contribution >= 4 is 27.6 Å². The standard InChI is InChI=1S/C16H16BrNO2/c1-11-3-5-12(6-4-11)10-18(2)15-8-7-13(17)9-14(15)16(19)20/h3-9H,10H2,1-2H3,(H,19,20). The molecule has 0 amide bonds. The van der Waals surface area contributed by atoms with Crippen LogP contribution in [-0.2, 0) is 6.54 Å². The van der Waals surface area contributed by atoms with E-state index >= 15 is 0 Å². The molecule has 0 radical (unpaired) electrons. The molecular weight excluding hydrogens is 318 g/mol. The quantitative estimate of drug-likeness (QED) is 0.915. The number of hydrogen-bond acceptors (Lipinski definition) is 2. The van der Waals surface area contributed by atoms with E-state index in [1.807, 2.05) is 31.0 Å². The van der Waals surface area contributed by atoms with Crippen LogP contribution in [0, 0.1) is 6.92 Å². The number of carboxylic acid groups (broad SMARTS) is 1. The lowest BCUT2D eigenvalue weighted by molar-refractivity contribution is 0.0697. The molecule has 0 heterocycles. The Morgan fingerprint density at radius 3 is 2.45 bits per heavy atom. The first-order chi connectivity index (χ1) is 9.47. The summed E-state index contributed by atoms with van der Waals surface area (Å²) in [6, 6.07) is 13.5. The second-order valence-corrected chi connectivity index (χ2v) is 5.72. The largest absolute Gasteiger partial charge is 0.478 e. The van der Waals surface area contributed by atoms with E-state index in [0.29, 0.717) is 17.8 Å². The van der Waals surface area contributed by atoms with Crippen LogP contribution in [0.25, 0.3) is 0 Å². The minimum absolute atomic E-state index is 0.300. The molecule has 0 aromatic heterocycles. The molecule has 0 saturated heterocycles. The SMILES string of the molecule is Cc1ccc(CN(C)c2ccc(Br)cc2C(=O)O)cc1. The minimum Gasteiger partial charge on any atom is -0.478 e. The van der Waals surface area contributed by atoms with Crippen molar-refractivity contribution in [2.24, 2.45) is 0 Å². The number of carbonyl (C=O) groups is 1. The zero-order valence-corrected chi connectivity index (χ0v) is 13.0. The monoisotopic (exact) mass is 333 g/mol. The maximum absolute atomic E-state index is 11.3. The van der Waals surface area contributed by atoms with E-state index in [1.54, 1.807) is 6.07 Å². The molecule has 1 N–H and O–H groups in total. The fraction of sp³-hybridized carbons (Fsp3) is 0.188. The summed E-state index contributed by atoms with van der Waals surface area (Å²) in [6.07, 6.45) is 0. The molecule has 2 aromatic carbocycles. The highest BCUT2D eigenvalue weighted by molar-refractivity contribution is 9.10. The van der Waals surface area contributed by atoms with Crippen molar-refractivity contribution in [3.63, 3.8) is 0 Å². The Labute approximate surface area is 127 Å². The second kappa shape index (κ2) is 6.09. The Balaban J connectivity index is 2.27. The summed E-state index contributed by atoms with van der Waals surface area (Å²) < 4.78 is 0.766. The van der Waals surface area contributed by atoms with Crippen molar-refractivity contribution in [3.8, 4) is 0 Å². The van der Waals surface area contributed by atoms with Gasteiger partial charge >= 0.3 is 5.97 Å². The fourth-order valence-corrected chi connectivity index (χ4v) is 2.43. The third kappa shape index (κ3) is 3.39. The summed E-state index contributed by atoms with van der Waals surface area (Å²) >= 11 is 3.31. The predicted octanol–water partition coefficient (Wildman–Crippen LogP) is 4.09. The molecular formula is C16H16BrNO2. The van der Waals surface area contributed by atoms with Crippen molar-refractivity contribution in [3.05, 3.63) is 63.6 Å². The van der Waals surface area contributed by atoms with Gasteiger partial charge in [-0.15, -0.1) is 0 Å². The zero-order valence-electron chi connectivity index (χ0n) is 11.4.